The molecule has 0 aliphatic heterocycles. The van der Waals surface area contributed by atoms with E-state index in [-0.39, 0.29) is 18.9 Å². The van der Waals surface area contributed by atoms with Crippen LogP contribution in [0.5, 0.6) is 5.75 Å². The zero-order chi connectivity index (χ0) is 7.40. The third-order valence-corrected chi connectivity index (χ3v) is 1.24. The van der Waals surface area contributed by atoms with Crippen LogP contribution in [0.2, 0.25) is 0 Å². The average molecular weight is 164 g/mol. The summed E-state index contributed by atoms with van der Waals surface area (Å²) in [5, 5.41) is 0. The van der Waals surface area contributed by atoms with Gasteiger partial charge in [-0.15, -0.1) is 0 Å². The van der Waals surface area contributed by atoms with E-state index in [1.807, 2.05) is 0 Å². The smallest absolute Gasteiger partial charge is 0.533 e. The van der Waals surface area contributed by atoms with Crippen LogP contribution in [0.15, 0.2) is 30.3 Å². The molecule has 1 rings (SSSR count). The topological polar surface area (TPSA) is 43.4 Å². The van der Waals surface area contributed by atoms with Gasteiger partial charge >= 0.3 is 18.9 Å². The second kappa shape index (κ2) is 5.25. The fraction of sp³-hybridized carbons (Fsp3) is 0. The Kier molecular flexibility index (Phi) is 5.04. The van der Waals surface area contributed by atoms with E-state index in [0.717, 1.165) is 0 Å². The Bertz CT molecular complexity index is 262. The Morgan fingerprint density at radius 3 is 2.09 bits per heavy atom. The van der Waals surface area contributed by atoms with Crippen LogP contribution in [-0.2, 0) is 19.4 Å². The van der Waals surface area contributed by atoms with Crippen molar-refractivity contribution in [3.63, 3.8) is 0 Å². The van der Waals surface area contributed by atoms with Gasteiger partial charge < -0.3 is 12.6 Å². The van der Waals surface area contributed by atoms with Gasteiger partial charge in [0.2, 0.25) is 0 Å². The van der Waals surface area contributed by atoms with E-state index in [2.05, 4.69) is 4.18 Å². The molecule has 1 aromatic carbocycles. The molecule has 0 saturated carbocycles. The van der Waals surface area contributed by atoms with E-state index in [1.54, 1.807) is 30.3 Å². The molecule has 5 heteroatoms. The summed E-state index contributed by atoms with van der Waals surface area (Å²) in [6.45, 7) is 0. The van der Waals surface area contributed by atoms with E-state index >= 15 is 0 Å². The first-order chi connectivity index (χ1) is 4.79. The molecule has 0 bridgehead atoms. The SMILES string of the molecule is O=[S-](=O)Oc1ccccc1.[Li+]. The fourth-order valence-electron chi connectivity index (χ4n) is 0.555. The molecule has 0 fully saturated rings. The van der Waals surface area contributed by atoms with Crippen LogP contribution < -0.4 is 23.0 Å². The van der Waals surface area contributed by atoms with Crippen molar-refractivity contribution in [2.24, 2.45) is 0 Å². The Hall–Kier alpha value is -0.433. The van der Waals surface area contributed by atoms with E-state index < -0.39 is 11.0 Å². The number of benzene rings is 1. The summed E-state index contributed by atoms with van der Waals surface area (Å²) in [4.78, 5) is 0. The molecule has 0 aliphatic carbocycles. The maximum atomic E-state index is 9.95. The van der Waals surface area contributed by atoms with Crippen molar-refractivity contribution in [2.75, 3.05) is 0 Å². The molecule has 0 aliphatic rings. The molecule has 11 heavy (non-hydrogen) atoms. The molecule has 3 nitrogen and oxygen atoms in total. The minimum absolute atomic E-state index is 0. The summed E-state index contributed by atoms with van der Waals surface area (Å²) in [5.41, 5.74) is 0. The van der Waals surface area contributed by atoms with Crippen LogP contribution in [-0.4, -0.2) is 0 Å². The minimum atomic E-state index is -2.47. The summed E-state index contributed by atoms with van der Waals surface area (Å²) in [6, 6.07) is 8.30. The molecule has 0 spiro atoms. The predicted molar refractivity (Wildman–Crippen MR) is 35.8 cm³/mol. The van der Waals surface area contributed by atoms with Crippen LogP contribution in [0.3, 0.4) is 0 Å². The maximum absolute atomic E-state index is 9.95. The first-order valence-electron chi connectivity index (χ1n) is 2.61. The molecular formula is C6H5LiO3S. The standard InChI is InChI=1S/C6H5O3S.Li/c7-10(8)9-6-4-2-1-3-5-6;/h1-5H;/q-1;+1. The van der Waals surface area contributed by atoms with Crippen LogP contribution in [0.4, 0.5) is 0 Å². The largest absolute Gasteiger partial charge is 1.00 e. The van der Waals surface area contributed by atoms with E-state index in [1.165, 1.54) is 0 Å². The van der Waals surface area contributed by atoms with Gasteiger partial charge in [0, 0.05) is 0 Å². The van der Waals surface area contributed by atoms with Gasteiger partial charge in [-0.05, 0) is 12.1 Å². The number of rotatable bonds is 2. The fourth-order valence-corrected chi connectivity index (χ4v) is 0.823. The van der Waals surface area contributed by atoms with Crippen molar-refractivity contribution < 1.29 is 31.5 Å². The van der Waals surface area contributed by atoms with E-state index in [4.69, 9.17) is 0 Å². The number of para-hydroxylation sites is 1. The van der Waals surface area contributed by atoms with Crippen LogP contribution in [0.25, 0.3) is 0 Å². The molecule has 0 N–H and O–H groups in total. The molecule has 1 aromatic rings. The average Bonchev–Trinajstić information content (AvgIpc) is 1.88. The van der Waals surface area contributed by atoms with Gasteiger partial charge in [-0.2, -0.15) is 0 Å². The van der Waals surface area contributed by atoms with Crippen LogP contribution >= 0.6 is 0 Å². The third-order valence-electron chi connectivity index (χ3n) is 0.907. The Balaban J connectivity index is 0.000001000. The van der Waals surface area contributed by atoms with Gasteiger partial charge in [-0.25, -0.2) is 0 Å². The summed E-state index contributed by atoms with van der Waals surface area (Å²) < 4.78 is 24.2. The quantitative estimate of drug-likeness (QED) is 0.386. The monoisotopic (exact) mass is 164 g/mol. The van der Waals surface area contributed by atoms with Crippen LogP contribution in [0, 0.1) is 0 Å². The Morgan fingerprint density at radius 2 is 1.64 bits per heavy atom. The molecule has 0 unspecified atom stereocenters. The molecule has 0 atom stereocenters. The molecule has 0 heterocycles. The second-order valence-corrected chi connectivity index (χ2v) is 2.18. The zero-order valence-corrected chi connectivity index (χ0v) is 6.84. The molecule has 0 saturated heterocycles. The van der Waals surface area contributed by atoms with Crippen molar-refractivity contribution in [1.82, 2.24) is 0 Å². The van der Waals surface area contributed by atoms with Gasteiger partial charge in [-0.3, -0.25) is 0 Å². The normalized spacial score (nSPS) is 8.82. The van der Waals surface area contributed by atoms with Gasteiger partial charge in [0.15, 0.2) is 0 Å². The van der Waals surface area contributed by atoms with E-state index in [9.17, 15) is 8.42 Å². The second-order valence-electron chi connectivity index (χ2n) is 1.60. The van der Waals surface area contributed by atoms with Gasteiger partial charge in [0.05, 0.1) is 0 Å². The zero-order valence-electron chi connectivity index (χ0n) is 6.02. The van der Waals surface area contributed by atoms with Gasteiger partial charge in [-0.1, -0.05) is 18.2 Å². The maximum Gasteiger partial charge on any atom is 1.00 e. The molecule has 0 aromatic heterocycles. The van der Waals surface area contributed by atoms with Gasteiger partial charge in [0.25, 0.3) is 0 Å². The summed E-state index contributed by atoms with van der Waals surface area (Å²) in [5.74, 6) is 0.329. The van der Waals surface area contributed by atoms with Crippen molar-refractivity contribution in [2.45, 2.75) is 0 Å². The minimum Gasteiger partial charge on any atom is -0.533 e. The third kappa shape index (κ3) is 4.09. The molecule has 0 radical (unpaired) electrons. The number of hydrogen-bond acceptors (Lipinski definition) is 4. The van der Waals surface area contributed by atoms with Crippen molar-refractivity contribution in [1.29, 1.82) is 0 Å². The Labute approximate surface area is 78.7 Å². The van der Waals surface area contributed by atoms with Gasteiger partial charge in [0.1, 0.15) is 16.7 Å². The first-order valence-corrected chi connectivity index (χ1v) is 3.61. The first kappa shape index (κ1) is 10.6. The summed E-state index contributed by atoms with van der Waals surface area (Å²) in [7, 11) is -2.47. The Morgan fingerprint density at radius 1 is 1.09 bits per heavy atom. The molecule has 0 amide bonds. The van der Waals surface area contributed by atoms with Crippen molar-refractivity contribution >= 4 is 11.0 Å². The predicted octanol–water partition coefficient (Wildman–Crippen LogP) is -1.71. The van der Waals surface area contributed by atoms with Crippen molar-refractivity contribution in [3.05, 3.63) is 30.3 Å². The van der Waals surface area contributed by atoms with Crippen molar-refractivity contribution in [3.8, 4) is 5.75 Å². The molecular weight excluding hydrogens is 159 g/mol. The summed E-state index contributed by atoms with van der Waals surface area (Å²) >= 11 is 0. The van der Waals surface area contributed by atoms with Crippen LogP contribution in [0.1, 0.15) is 0 Å². The molecule has 54 valence electrons. The number of hydrogen-bond donors (Lipinski definition) is 0. The summed E-state index contributed by atoms with van der Waals surface area (Å²) in [6.07, 6.45) is 0. The van der Waals surface area contributed by atoms with E-state index in [0.29, 0.717) is 5.75 Å².